The summed E-state index contributed by atoms with van der Waals surface area (Å²) >= 11 is 5.31. The summed E-state index contributed by atoms with van der Waals surface area (Å²) in [5, 5.41) is 5.01. The van der Waals surface area contributed by atoms with E-state index in [1.807, 2.05) is 30.3 Å². The van der Waals surface area contributed by atoms with E-state index in [9.17, 15) is 4.79 Å². The van der Waals surface area contributed by atoms with Gasteiger partial charge in [-0.3, -0.25) is 4.79 Å². The lowest BCUT2D eigenvalue weighted by Gasteiger charge is -2.03. The smallest absolute Gasteiger partial charge is 0.271 e. The first-order chi connectivity index (χ1) is 11.7. The lowest BCUT2D eigenvalue weighted by atomic mass is 10.2. The Morgan fingerprint density at radius 2 is 1.96 bits per heavy atom. The molecule has 0 atom stereocenters. The number of pyridine rings is 1. The number of benzene rings is 2. The minimum atomic E-state index is -0.301. The van der Waals surface area contributed by atoms with Gasteiger partial charge in [0.1, 0.15) is 10.4 Å². The Hall–Kier alpha value is -2.99. The number of hydrogen-bond acceptors (Lipinski definition) is 4. The number of nitrogens with zero attached hydrogens (tertiary/aromatic N) is 1. The van der Waals surface area contributed by atoms with E-state index in [0.717, 1.165) is 16.5 Å². The summed E-state index contributed by atoms with van der Waals surface area (Å²) in [6, 6.07) is 16.5. The van der Waals surface area contributed by atoms with Gasteiger partial charge in [-0.05, 0) is 41.8 Å². The van der Waals surface area contributed by atoms with Crippen molar-refractivity contribution in [3.8, 4) is 5.75 Å². The molecule has 0 aliphatic carbocycles. The van der Waals surface area contributed by atoms with Crippen molar-refractivity contribution < 1.29 is 9.53 Å². The van der Waals surface area contributed by atoms with Crippen LogP contribution >= 0.6 is 12.2 Å². The molecule has 0 saturated carbocycles. The zero-order chi connectivity index (χ0) is 16.9. The van der Waals surface area contributed by atoms with Crippen molar-refractivity contribution in [1.82, 2.24) is 10.4 Å². The van der Waals surface area contributed by atoms with Crippen molar-refractivity contribution in [2.24, 2.45) is 5.10 Å². The standard InChI is InChI=1S/C18H15N3O2S/c1-23-15-8-6-12(7-9-15)17(22)21-19-11-14-10-13-4-2-3-5-16(13)20-18(14)24/h2-11H,1H3,(H,20,24)(H,21,22)/b19-11-. The van der Waals surface area contributed by atoms with Crippen LogP contribution in [-0.4, -0.2) is 24.2 Å². The summed E-state index contributed by atoms with van der Waals surface area (Å²) in [6.45, 7) is 0. The summed E-state index contributed by atoms with van der Waals surface area (Å²) in [7, 11) is 1.58. The van der Waals surface area contributed by atoms with Crippen LogP contribution in [0, 0.1) is 4.64 Å². The van der Waals surface area contributed by atoms with E-state index >= 15 is 0 Å². The SMILES string of the molecule is COc1ccc(C(=O)N/N=C\c2cc3ccccc3[nH]c2=S)cc1. The number of carbonyl (C=O) groups is 1. The van der Waals surface area contributed by atoms with Gasteiger partial charge in [-0.2, -0.15) is 5.10 Å². The average molecular weight is 337 g/mol. The summed E-state index contributed by atoms with van der Waals surface area (Å²) < 4.78 is 5.63. The van der Waals surface area contributed by atoms with Crippen LogP contribution in [0.5, 0.6) is 5.75 Å². The highest BCUT2D eigenvalue weighted by molar-refractivity contribution is 7.71. The fourth-order valence-corrected chi connectivity index (χ4v) is 2.45. The van der Waals surface area contributed by atoms with Crippen molar-refractivity contribution in [1.29, 1.82) is 0 Å². The number of para-hydroxylation sites is 1. The zero-order valence-corrected chi connectivity index (χ0v) is 13.8. The second-order valence-electron chi connectivity index (χ2n) is 5.07. The Balaban J connectivity index is 1.74. The molecule has 24 heavy (non-hydrogen) atoms. The van der Waals surface area contributed by atoms with Crippen molar-refractivity contribution in [2.75, 3.05) is 7.11 Å². The van der Waals surface area contributed by atoms with Gasteiger partial charge in [-0.15, -0.1) is 0 Å². The normalized spacial score (nSPS) is 10.9. The second kappa shape index (κ2) is 7.06. The minimum absolute atomic E-state index is 0.301. The van der Waals surface area contributed by atoms with Crippen molar-refractivity contribution >= 4 is 35.2 Å². The minimum Gasteiger partial charge on any atom is -0.497 e. The van der Waals surface area contributed by atoms with Gasteiger partial charge in [0.2, 0.25) is 0 Å². The van der Waals surface area contributed by atoms with Crippen LogP contribution in [0.2, 0.25) is 0 Å². The van der Waals surface area contributed by atoms with Gasteiger partial charge in [-0.25, -0.2) is 5.43 Å². The Morgan fingerprint density at radius 1 is 1.21 bits per heavy atom. The van der Waals surface area contributed by atoms with E-state index in [2.05, 4.69) is 15.5 Å². The van der Waals surface area contributed by atoms with Crippen LogP contribution in [-0.2, 0) is 0 Å². The Kier molecular flexibility index (Phi) is 4.67. The molecule has 3 aromatic rings. The number of amides is 1. The van der Waals surface area contributed by atoms with E-state index in [1.54, 1.807) is 31.4 Å². The molecular formula is C18H15N3O2S. The molecule has 0 radical (unpaired) electrons. The van der Waals surface area contributed by atoms with E-state index in [4.69, 9.17) is 17.0 Å². The molecule has 0 fully saturated rings. The average Bonchev–Trinajstić information content (AvgIpc) is 2.62. The van der Waals surface area contributed by atoms with Gasteiger partial charge in [0, 0.05) is 16.6 Å². The molecule has 2 N–H and O–H groups in total. The van der Waals surface area contributed by atoms with Crippen LogP contribution in [0.25, 0.3) is 10.9 Å². The summed E-state index contributed by atoms with van der Waals surface area (Å²) in [4.78, 5) is 15.2. The molecule has 0 aliphatic heterocycles. The molecule has 0 bridgehead atoms. The third kappa shape index (κ3) is 3.49. The van der Waals surface area contributed by atoms with Gasteiger partial charge in [-0.1, -0.05) is 30.4 Å². The predicted molar refractivity (Wildman–Crippen MR) is 97.2 cm³/mol. The summed E-state index contributed by atoms with van der Waals surface area (Å²) in [5.74, 6) is 0.391. The number of fused-ring (bicyclic) bond motifs is 1. The molecule has 120 valence electrons. The maximum atomic E-state index is 12.0. The predicted octanol–water partition coefficient (Wildman–Crippen LogP) is 3.67. The largest absolute Gasteiger partial charge is 0.497 e. The number of hydrazone groups is 1. The van der Waals surface area contributed by atoms with Crippen LogP contribution in [0.3, 0.4) is 0 Å². The maximum absolute atomic E-state index is 12.0. The van der Waals surface area contributed by atoms with Gasteiger partial charge < -0.3 is 9.72 Å². The van der Waals surface area contributed by atoms with Gasteiger partial charge in [0.15, 0.2) is 0 Å². The number of H-pyrrole nitrogens is 1. The highest BCUT2D eigenvalue weighted by atomic mass is 32.1. The number of aromatic nitrogens is 1. The van der Waals surface area contributed by atoms with Crippen molar-refractivity contribution in [2.45, 2.75) is 0 Å². The number of aromatic amines is 1. The molecule has 0 saturated heterocycles. The third-order valence-electron chi connectivity index (χ3n) is 3.50. The number of hydrogen-bond donors (Lipinski definition) is 2. The van der Waals surface area contributed by atoms with E-state index in [1.165, 1.54) is 6.21 Å². The molecule has 6 heteroatoms. The van der Waals surface area contributed by atoms with Gasteiger partial charge in [0.05, 0.1) is 13.3 Å². The van der Waals surface area contributed by atoms with E-state index in [-0.39, 0.29) is 5.91 Å². The molecule has 5 nitrogen and oxygen atoms in total. The Morgan fingerprint density at radius 3 is 2.71 bits per heavy atom. The number of rotatable bonds is 4. The maximum Gasteiger partial charge on any atom is 0.271 e. The lowest BCUT2D eigenvalue weighted by Crippen LogP contribution is -2.17. The van der Waals surface area contributed by atoms with E-state index in [0.29, 0.717) is 16.0 Å². The van der Waals surface area contributed by atoms with Crippen LogP contribution in [0.4, 0.5) is 0 Å². The highest BCUT2D eigenvalue weighted by Crippen LogP contribution is 2.13. The summed E-state index contributed by atoms with van der Waals surface area (Å²) in [5.41, 5.74) is 4.68. The molecule has 1 heterocycles. The van der Waals surface area contributed by atoms with Crippen molar-refractivity contribution in [3.63, 3.8) is 0 Å². The van der Waals surface area contributed by atoms with Gasteiger partial charge >= 0.3 is 0 Å². The number of methoxy groups -OCH3 is 1. The first-order valence-electron chi connectivity index (χ1n) is 7.27. The molecule has 0 aliphatic rings. The van der Waals surface area contributed by atoms with Crippen LogP contribution < -0.4 is 10.2 Å². The Bertz CT molecular complexity index is 962. The molecule has 2 aromatic carbocycles. The zero-order valence-electron chi connectivity index (χ0n) is 12.9. The molecule has 1 aromatic heterocycles. The molecule has 0 unspecified atom stereocenters. The lowest BCUT2D eigenvalue weighted by molar-refractivity contribution is 0.0955. The van der Waals surface area contributed by atoms with Crippen LogP contribution in [0.15, 0.2) is 59.7 Å². The first-order valence-corrected chi connectivity index (χ1v) is 7.68. The van der Waals surface area contributed by atoms with E-state index < -0.39 is 0 Å². The highest BCUT2D eigenvalue weighted by Gasteiger charge is 2.04. The number of carbonyl (C=O) groups excluding carboxylic acids is 1. The quantitative estimate of drug-likeness (QED) is 0.434. The molecule has 1 amide bonds. The first kappa shape index (κ1) is 15.9. The van der Waals surface area contributed by atoms with Crippen LogP contribution in [0.1, 0.15) is 15.9 Å². The monoisotopic (exact) mass is 337 g/mol. The Labute approximate surface area is 144 Å². The van der Waals surface area contributed by atoms with Crippen molar-refractivity contribution in [3.05, 3.63) is 70.4 Å². The number of nitrogens with one attached hydrogen (secondary N) is 2. The molecule has 3 rings (SSSR count). The topological polar surface area (TPSA) is 66.5 Å². The number of ether oxygens (including phenoxy) is 1. The van der Waals surface area contributed by atoms with Gasteiger partial charge in [0.25, 0.3) is 5.91 Å². The third-order valence-corrected chi connectivity index (χ3v) is 3.84. The molecule has 0 spiro atoms. The second-order valence-corrected chi connectivity index (χ2v) is 5.48. The molecular weight excluding hydrogens is 322 g/mol. The fourth-order valence-electron chi connectivity index (χ4n) is 2.23. The fraction of sp³-hybridized carbons (Fsp3) is 0.0556. The summed E-state index contributed by atoms with van der Waals surface area (Å²) in [6.07, 6.45) is 1.53.